The molecule has 0 radical (unpaired) electrons. The summed E-state index contributed by atoms with van der Waals surface area (Å²) < 4.78 is 39.0. The highest BCUT2D eigenvalue weighted by molar-refractivity contribution is 5.66. The molecule has 0 amide bonds. The molecule has 3 heterocycles. The van der Waals surface area contributed by atoms with Gasteiger partial charge in [-0.3, -0.25) is 4.79 Å². The monoisotopic (exact) mass is 378 g/mol. The topological polar surface area (TPSA) is 122 Å². The Kier molecular flexibility index (Phi) is 5.58. The molecule has 26 heavy (non-hydrogen) atoms. The van der Waals surface area contributed by atoms with Gasteiger partial charge in [0, 0.05) is 21.1 Å². The second kappa shape index (κ2) is 7.28. The molecule has 0 aromatic rings. The van der Waals surface area contributed by atoms with Crippen LogP contribution in [0.25, 0.3) is 0 Å². The van der Waals surface area contributed by atoms with Crippen LogP contribution in [-0.2, 0) is 38.0 Å². The fraction of sp³-hybridized carbons (Fsp3) is 0.938. The highest BCUT2D eigenvalue weighted by Crippen LogP contribution is 2.42. The molecule has 0 aliphatic carbocycles. The van der Waals surface area contributed by atoms with Crippen molar-refractivity contribution in [2.75, 3.05) is 14.2 Å². The molecule has 2 N–H and O–H groups in total. The first-order valence-corrected chi connectivity index (χ1v) is 8.44. The molecule has 0 aromatic heterocycles. The minimum atomic E-state index is -1.43. The van der Waals surface area contributed by atoms with Gasteiger partial charge in [-0.05, 0) is 13.8 Å². The average Bonchev–Trinajstić information content (AvgIpc) is 3.03. The van der Waals surface area contributed by atoms with Crippen LogP contribution in [0.15, 0.2) is 0 Å². The molecule has 0 spiro atoms. The van der Waals surface area contributed by atoms with E-state index < -0.39 is 67.1 Å². The Morgan fingerprint density at radius 2 is 1.58 bits per heavy atom. The number of aliphatic hydroxyl groups is 2. The zero-order valence-corrected chi connectivity index (χ0v) is 15.4. The maximum absolute atomic E-state index is 11.5. The van der Waals surface area contributed by atoms with Crippen LogP contribution in [0.2, 0.25) is 0 Å². The molecule has 3 aliphatic heterocycles. The number of hydrogen-bond acceptors (Lipinski definition) is 10. The lowest BCUT2D eigenvalue weighted by molar-refractivity contribution is -0.320. The maximum Gasteiger partial charge on any atom is 0.303 e. The van der Waals surface area contributed by atoms with Gasteiger partial charge in [-0.2, -0.15) is 0 Å². The molecular formula is C16H26O10. The summed E-state index contributed by atoms with van der Waals surface area (Å²) in [6.07, 6.45) is -8.70. The largest absolute Gasteiger partial charge is 0.457 e. The summed E-state index contributed by atoms with van der Waals surface area (Å²) in [6, 6.07) is 0. The maximum atomic E-state index is 11.5. The molecule has 10 heteroatoms. The average molecular weight is 378 g/mol. The Balaban J connectivity index is 1.85. The van der Waals surface area contributed by atoms with Crippen molar-refractivity contribution < 1.29 is 48.2 Å². The first-order chi connectivity index (χ1) is 12.2. The summed E-state index contributed by atoms with van der Waals surface area (Å²) in [5.41, 5.74) is 0. The molecule has 0 saturated carbocycles. The van der Waals surface area contributed by atoms with Crippen molar-refractivity contribution in [2.45, 2.75) is 81.9 Å². The molecule has 0 aromatic carbocycles. The number of hydrogen-bond donors (Lipinski definition) is 2. The van der Waals surface area contributed by atoms with Gasteiger partial charge in [-0.25, -0.2) is 0 Å². The summed E-state index contributed by atoms with van der Waals surface area (Å²) >= 11 is 0. The number of methoxy groups -OCH3 is 2. The lowest BCUT2D eigenvalue weighted by atomic mass is 9.92. The van der Waals surface area contributed by atoms with Crippen LogP contribution in [0, 0.1) is 0 Å². The SMILES string of the molecule is CO[C@@H]1O[C@H]([C@H]2O[C@@H]3OC(C)(C)O[C@@H]3[C@H]2OC)[C@@H](OC(C)=O)[C@H](O)[C@@H]1O. The molecule has 150 valence electrons. The van der Waals surface area contributed by atoms with Crippen LogP contribution >= 0.6 is 0 Å². The third-order valence-electron chi connectivity index (χ3n) is 4.74. The zero-order valence-electron chi connectivity index (χ0n) is 15.4. The third kappa shape index (κ3) is 3.48. The summed E-state index contributed by atoms with van der Waals surface area (Å²) in [5.74, 6) is -1.46. The standard InChI is InChI=1S/C16H26O10/c1-6(17)22-9-7(18)8(19)14(21-5)23-11(9)12-10(20-4)13-15(24-12)26-16(2,3)25-13/h7-15,18-19H,1-5H3/t7-,8+,9+,10+,11+,12+,13-,14-,15-/m1/s1. The molecule has 3 fully saturated rings. The van der Waals surface area contributed by atoms with Crippen molar-refractivity contribution in [3.63, 3.8) is 0 Å². The Bertz CT molecular complexity index is 525. The van der Waals surface area contributed by atoms with Gasteiger partial charge in [0.1, 0.15) is 36.6 Å². The smallest absolute Gasteiger partial charge is 0.303 e. The van der Waals surface area contributed by atoms with Gasteiger partial charge in [-0.1, -0.05) is 0 Å². The molecule has 3 aliphatic rings. The number of ether oxygens (including phenoxy) is 7. The molecule has 3 saturated heterocycles. The van der Waals surface area contributed by atoms with Crippen LogP contribution in [-0.4, -0.2) is 91.5 Å². The van der Waals surface area contributed by atoms with E-state index >= 15 is 0 Å². The molecule has 0 unspecified atom stereocenters. The number of rotatable bonds is 4. The lowest BCUT2D eigenvalue weighted by Gasteiger charge is -2.44. The third-order valence-corrected chi connectivity index (χ3v) is 4.74. The van der Waals surface area contributed by atoms with Crippen molar-refractivity contribution in [3.8, 4) is 0 Å². The van der Waals surface area contributed by atoms with Gasteiger partial charge in [0.25, 0.3) is 0 Å². The Hall–Kier alpha value is -0.850. The lowest BCUT2D eigenvalue weighted by Crippen LogP contribution is -2.64. The van der Waals surface area contributed by atoms with E-state index in [4.69, 9.17) is 33.2 Å². The van der Waals surface area contributed by atoms with E-state index in [0.29, 0.717) is 0 Å². The number of aliphatic hydroxyl groups excluding tert-OH is 2. The highest BCUT2D eigenvalue weighted by atomic mass is 16.8. The normalized spacial score (nSPS) is 47.6. The van der Waals surface area contributed by atoms with Crippen LogP contribution in [0.1, 0.15) is 20.8 Å². The van der Waals surface area contributed by atoms with Gasteiger partial charge >= 0.3 is 5.97 Å². The second-order valence-electron chi connectivity index (χ2n) is 7.03. The van der Waals surface area contributed by atoms with E-state index in [0.717, 1.165) is 0 Å². The van der Waals surface area contributed by atoms with Crippen LogP contribution in [0.4, 0.5) is 0 Å². The summed E-state index contributed by atoms with van der Waals surface area (Å²) in [6.45, 7) is 4.72. The molecule has 0 bridgehead atoms. The summed E-state index contributed by atoms with van der Waals surface area (Å²) in [7, 11) is 2.82. The number of esters is 1. The summed E-state index contributed by atoms with van der Waals surface area (Å²) in [5, 5.41) is 20.5. The molecule has 10 nitrogen and oxygen atoms in total. The van der Waals surface area contributed by atoms with E-state index in [2.05, 4.69) is 0 Å². The minimum absolute atomic E-state index is 0.522. The van der Waals surface area contributed by atoms with Crippen molar-refractivity contribution in [2.24, 2.45) is 0 Å². The van der Waals surface area contributed by atoms with Crippen molar-refractivity contribution in [3.05, 3.63) is 0 Å². The highest BCUT2D eigenvalue weighted by Gasteiger charge is 2.61. The molecule has 9 atom stereocenters. The Morgan fingerprint density at radius 1 is 0.923 bits per heavy atom. The van der Waals surface area contributed by atoms with Crippen molar-refractivity contribution in [1.82, 2.24) is 0 Å². The summed E-state index contributed by atoms with van der Waals surface area (Å²) in [4.78, 5) is 11.5. The van der Waals surface area contributed by atoms with Crippen LogP contribution in [0.3, 0.4) is 0 Å². The predicted molar refractivity (Wildman–Crippen MR) is 82.7 cm³/mol. The van der Waals surface area contributed by atoms with Gasteiger partial charge in [0.2, 0.25) is 0 Å². The van der Waals surface area contributed by atoms with E-state index in [1.54, 1.807) is 13.8 Å². The van der Waals surface area contributed by atoms with Crippen LogP contribution < -0.4 is 0 Å². The van der Waals surface area contributed by atoms with Gasteiger partial charge < -0.3 is 43.4 Å². The van der Waals surface area contributed by atoms with E-state index in [9.17, 15) is 15.0 Å². The Morgan fingerprint density at radius 3 is 2.15 bits per heavy atom. The van der Waals surface area contributed by atoms with E-state index in [-0.39, 0.29) is 0 Å². The first kappa shape index (κ1) is 19.9. The Labute approximate surface area is 151 Å². The fourth-order valence-electron chi connectivity index (χ4n) is 3.69. The number of fused-ring (bicyclic) bond motifs is 1. The number of carbonyl (C=O) groups excluding carboxylic acids is 1. The number of carbonyl (C=O) groups is 1. The zero-order chi connectivity index (χ0) is 19.2. The molecular weight excluding hydrogens is 352 g/mol. The first-order valence-electron chi connectivity index (χ1n) is 8.44. The van der Waals surface area contributed by atoms with Crippen molar-refractivity contribution >= 4 is 5.97 Å². The minimum Gasteiger partial charge on any atom is -0.457 e. The van der Waals surface area contributed by atoms with Gasteiger partial charge in [-0.15, -0.1) is 0 Å². The van der Waals surface area contributed by atoms with Crippen LogP contribution in [0.5, 0.6) is 0 Å². The predicted octanol–water partition coefficient (Wildman–Crippen LogP) is -1.10. The van der Waals surface area contributed by atoms with E-state index in [1.807, 2.05) is 0 Å². The second-order valence-corrected chi connectivity index (χ2v) is 7.03. The fourth-order valence-corrected chi connectivity index (χ4v) is 3.69. The van der Waals surface area contributed by atoms with Crippen molar-refractivity contribution in [1.29, 1.82) is 0 Å². The van der Waals surface area contributed by atoms with Gasteiger partial charge in [0.05, 0.1) is 0 Å². The van der Waals surface area contributed by atoms with E-state index in [1.165, 1.54) is 21.1 Å². The van der Waals surface area contributed by atoms with Gasteiger partial charge in [0.15, 0.2) is 24.5 Å². The quantitative estimate of drug-likeness (QED) is 0.583. The molecule has 3 rings (SSSR count).